The molecule has 3 heterocycles. The van der Waals surface area contributed by atoms with E-state index in [0.717, 1.165) is 25.3 Å². The fraction of sp³-hybridized carbons (Fsp3) is 1.00. The first-order valence-electron chi connectivity index (χ1n) is 9.29. The van der Waals surface area contributed by atoms with Gasteiger partial charge in [0.05, 0.1) is 18.3 Å². The Hall–Kier alpha value is -0.0231. The molecule has 5 rings (SSSR count). The van der Waals surface area contributed by atoms with Gasteiger partial charge in [-0.05, 0) is 43.9 Å². The van der Waals surface area contributed by atoms with E-state index < -0.39 is 8.80 Å². The molecule has 0 N–H and O–H groups in total. The van der Waals surface area contributed by atoms with Gasteiger partial charge in [-0.25, -0.2) is 0 Å². The van der Waals surface area contributed by atoms with Crippen LogP contribution in [0.2, 0.25) is 6.04 Å². The van der Waals surface area contributed by atoms with Crippen LogP contribution in [0.4, 0.5) is 0 Å². The van der Waals surface area contributed by atoms with Gasteiger partial charge in [0.2, 0.25) is 0 Å². The second-order valence-corrected chi connectivity index (χ2v) is 11.1. The summed E-state index contributed by atoms with van der Waals surface area (Å²) in [6.45, 7) is 0. The summed E-state index contributed by atoms with van der Waals surface area (Å²) in [5.41, 5.74) is -0.0437. The van der Waals surface area contributed by atoms with Crippen LogP contribution in [0.1, 0.15) is 32.1 Å². The van der Waals surface area contributed by atoms with Crippen molar-refractivity contribution in [2.75, 3.05) is 21.3 Å². The third-order valence-corrected chi connectivity index (χ3v) is 9.96. The van der Waals surface area contributed by atoms with Gasteiger partial charge in [0.1, 0.15) is 17.8 Å². The average molecular weight is 356 g/mol. The average Bonchev–Trinajstić information content (AvgIpc) is 3.47. The van der Waals surface area contributed by atoms with Crippen molar-refractivity contribution in [1.82, 2.24) is 0 Å². The van der Waals surface area contributed by atoms with Gasteiger partial charge in [-0.1, -0.05) is 0 Å². The SMILES string of the molecule is CO[Si](CC(C1CCC2OC2C1)C12CCC3OC3C1O2)(OC)OC. The van der Waals surface area contributed by atoms with Gasteiger partial charge in [-0.2, -0.15) is 0 Å². The van der Waals surface area contributed by atoms with E-state index in [2.05, 4.69) is 0 Å². The molecule has 3 saturated heterocycles. The predicted octanol–water partition coefficient (Wildman–Crippen LogP) is 1.75. The zero-order chi connectivity index (χ0) is 16.5. The summed E-state index contributed by atoms with van der Waals surface area (Å²) in [7, 11) is 2.48. The van der Waals surface area contributed by atoms with Crippen LogP contribution in [-0.2, 0) is 27.5 Å². The van der Waals surface area contributed by atoms with E-state index >= 15 is 0 Å². The van der Waals surface area contributed by atoms with Gasteiger partial charge in [-0.15, -0.1) is 0 Å². The molecule has 136 valence electrons. The Balaban J connectivity index is 1.40. The summed E-state index contributed by atoms with van der Waals surface area (Å²) < 4.78 is 35.2. The van der Waals surface area contributed by atoms with Crippen molar-refractivity contribution >= 4 is 8.80 Å². The minimum absolute atomic E-state index is 0.0437. The molecule has 24 heavy (non-hydrogen) atoms. The lowest BCUT2D eigenvalue weighted by molar-refractivity contribution is 0.0829. The van der Waals surface area contributed by atoms with Crippen molar-refractivity contribution in [1.29, 1.82) is 0 Å². The third-order valence-electron chi connectivity index (χ3n) is 7.15. The van der Waals surface area contributed by atoms with Crippen LogP contribution in [0, 0.1) is 11.8 Å². The number of rotatable bonds is 7. The Morgan fingerprint density at radius 3 is 2.50 bits per heavy atom. The van der Waals surface area contributed by atoms with Crippen molar-refractivity contribution < 1.29 is 27.5 Å². The van der Waals surface area contributed by atoms with Crippen LogP contribution in [0.25, 0.3) is 0 Å². The first kappa shape index (κ1) is 16.2. The molecule has 0 radical (unpaired) electrons. The van der Waals surface area contributed by atoms with E-state index in [9.17, 15) is 0 Å². The largest absolute Gasteiger partial charge is 0.500 e. The first-order chi connectivity index (χ1) is 11.6. The number of ether oxygens (including phenoxy) is 3. The summed E-state index contributed by atoms with van der Waals surface area (Å²) in [6, 6.07) is 0.826. The maximum absolute atomic E-state index is 6.35. The first-order valence-corrected chi connectivity index (χ1v) is 11.2. The van der Waals surface area contributed by atoms with Gasteiger partial charge >= 0.3 is 8.80 Å². The molecule has 8 unspecified atom stereocenters. The standard InChI is InChI=1S/C17H28O6Si/c1-18-24(19-2,20-3)9-11(10-4-5-12-14(8-10)21-12)17-7-6-13-15(22-13)16(17)23-17/h10-16H,4-9H2,1-3H3. The zero-order valence-corrected chi connectivity index (χ0v) is 15.7. The summed E-state index contributed by atoms with van der Waals surface area (Å²) in [4.78, 5) is 0. The molecule has 2 aliphatic carbocycles. The molecule has 7 heteroatoms. The molecule has 0 amide bonds. The molecule has 8 atom stereocenters. The van der Waals surface area contributed by atoms with Crippen molar-refractivity contribution in [3.8, 4) is 0 Å². The van der Waals surface area contributed by atoms with Gasteiger partial charge in [0, 0.05) is 27.4 Å². The Morgan fingerprint density at radius 1 is 1.00 bits per heavy atom. The highest BCUT2D eigenvalue weighted by Crippen LogP contribution is 2.63. The lowest BCUT2D eigenvalue weighted by Crippen LogP contribution is -2.50. The fourth-order valence-electron chi connectivity index (χ4n) is 5.56. The fourth-order valence-corrected chi connectivity index (χ4v) is 7.78. The van der Waals surface area contributed by atoms with Crippen LogP contribution < -0.4 is 0 Å². The van der Waals surface area contributed by atoms with Crippen LogP contribution in [-0.4, -0.2) is 66.3 Å². The van der Waals surface area contributed by atoms with E-state index in [1.54, 1.807) is 21.3 Å². The third kappa shape index (κ3) is 2.36. The van der Waals surface area contributed by atoms with Gasteiger partial charge in [0.15, 0.2) is 0 Å². The van der Waals surface area contributed by atoms with Crippen LogP contribution >= 0.6 is 0 Å². The Bertz CT molecular complexity index is 505. The molecular weight excluding hydrogens is 328 g/mol. The van der Waals surface area contributed by atoms with E-state index in [1.165, 1.54) is 12.8 Å². The maximum atomic E-state index is 6.35. The summed E-state index contributed by atoms with van der Waals surface area (Å²) in [5, 5.41) is 0. The molecule has 5 aliphatic rings. The smallest absolute Gasteiger partial charge is 0.377 e. The molecule has 0 aromatic carbocycles. The maximum Gasteiger partial charge on any atom is 0.500 e. The highest BCUT2D eigenvalue weighted by molar-refractivity contribution is 6.60. The molecule has 0 aromatic heterocycles. The van der Waals surface area contributed by atoms with Crippen LogP contribution in [0.5, 0.6) is 0 Å². The predicted molar refractivity (Wildman–Crippen MR) is 86.6 cm³/mol. The van der Waals surface area contributed by atoms with Gasteiger partial charge in [-0.3, -0.25) is 0 Å². The normalized spacial score (nSPS) is 49.6. The number of hydrogen-bond donors (Lipinski definition) is 0. The summed E-state index contributed by atoms with van der Waals surface area (Å²) in [5.74, 6) is 1.01. The lowest BCUT2D eigenvalue weighted by Gasteiger charge is -2.38. The number of hydrogen-bond acceptors (Lipinski definition) is 6. The quantitative estimate of drug-likeness (QED) is 0.511. The minimum Gasteiger partial charge on any atom is -0.377 e. The highest BCUT2D eigenvalue weighted by atomic mass is 28.4. The van der Waals surface area contributed by atoms with Crippen molar-refractivity contribution in [2.45, 2.75) is 74.3 Å². The molecule has 0 aromatic rings. The van der Waals surface area contributed by atoms with Crippen LogP contribution in [0.15, 0.2) is 0 Å². The lowest BCUT2D eigenvalue weighted by atomic mass is 9.70. The second-order valence-electron chi connectivity index (χ2n) is 8.06. The summed E-state index contributed by atoms with van der Waals surface area (Å²) in [6.07, 6.45) is 7.79. The zero-order valence-electron chi connectivity index (χ0n) is 14.7. The van der Waals surface area contributed by atoms with Gasteiger partial charge in [0.25, 0.3) is 0 Å². The number of epoxide rings is 3. The molecule has 3 aliphatic heterocycles. The highest BCUT2D eigenvalue weighted by Gasteiger charge is 2.74. The van der Waals surface area contributed by atoms with Crippen LogP contribution in [0.3, 0.4) is 0 Å². The second kappa shape index (κ2) is 5.49. The molecule has 2 saturated carbocycles. The van der Waals surface area contributed by atoms with Crippen molar-refractivity contribution in [2.24, 2.45) is 11.8 Å². The van der Waals surface area contributed by atoms with E-state index in [-0.39, 0.29) is 11.7 Å². The monoisotopic (exact) mass is 356 g/mol. The minimum atomic E-state index is -2.65. The molecule has 6 nitrogen and oxygen atoms in total. The van der Waals surface area contributed by atoms with Crippen molar-refractivity contribution in [3.63, 3.8) is 0 Å². The molecule has 5 fully saturated rings. The topological polar surface area (TPSA) is 65.3 Å². The molecule has 0 spiro atoms. The van der Waals surface area contributed by atoms with Crippen molar-refractivity contribution in [3.05, 3.63) is 0 Å². The Labute approximate surface area is 144 Å². The molecule has 0 bridgehead atoms. The summed E-state index contributed by atoms with van der Waals surface area (Å²) >= 11 is 0. The van der Waals surface area contributed by atoms with E-state index in [0.29, 0.717) is 36.3 Å². The van der Waals surface area contributed by atoms with Gasteiger partial charge < -0.3 is 27.5 Å². The number of fused-ring (bicyclic) bond motifs is 4. The Morgan fingerprint density at radius 2 is 1.79 bits per heavy atom. The molecular formula is C17H28O6Si. The van der Waals surface area contributed by atoms with E-state index in [4.69, 9.17) is 27.5 Å². The Kier molecular flexibility index (Phi) is 3.70. The van der Waals surface area contributed by atoms with E-state index in [1.807, 2.05) is 0 Å².